The Hall–Kier alpha value is -1.40. The molecule has 20 heavy (non-hydrogen) atoms. The lowest BCUT2D eigenvalue weighted by Gasteiger charge is -2.36. The number of anilines is 2. The number of nitrogen functional groups attached to an aromatic ring is 1. The molecule has 0 spiro atoms. The Kier molecular flexibility index (Phi) is 5.14. The Balaban J connectivity index is 2.06. The molecule has 2 heterocycles. The highest BCUT2D eigenvalue weighted by Gasteiger charge is 2.21. The van der Waals surface area contributed by atoms with Crippen molar-refractivity contribution in [1.82, 2.24) is 14.9 Å². The minimum atomic E-state index is 0.266. The van der Waals surface area contributed by atoms with E-state index in [9.17, 15) is 0 Å². The summed E-state index contributed by atoms with van der Waals surface area (Å²) in [5.74, 6) is 1.36. The van der Waals surface area contributed by atoms with Gasteiger partial charge in [0.2, 0.25) is 5.95 Å². The molecular weight excluding hydrogens is 254 g/mol. The number of aliphatic hydroxyl groups excluding tert-OH is 1. The molecule has 1 saturated heterocycles. The predicted octanol–water partition coefficient (Wildman–Crippen LogP) is 0.434. The van der Waals surface area contributed by atoms with Crippen LogP contribution in [0, 0.1) is 6.92 Å². The van der Waals surface area contributed by atoms with Crippen LogP contribution in [0.4, 0.5) is 11.8 Å². The van der Waals surface area contributed by atoms with Crippen LogP contribution >= 0.6 is 0 Å². The molecule has 0 unspecified atom stereocenters. The first-order chi connectivity index (χ1) is 9.65. The molecule has 0 atom stereocenters. The first-order valence-corrected chi connectivity index (χ1v) is 7.36. The topological polar surface area (TPSA) is 78.5 Å². The van der Waals surface area contributed by atoms with Crippen molar-refractivity contribution in [3.63, 3.8) is 0 Å². The summed E-state index contributed by atoms with van der Waals surface area (Å²) in [4.78, 5) is 13.4. The molecule has 2 rings (SSSR count). The van der Waals surface area contributed by atoms with Gasteiger partial charge in [-0.05, 0) is 19.8 Å². The molecule has 1 aliphatic rings. The molecule has 1 aliphatic heterocycles. The number of aromatic nitrogens is 2. The second-order valence-electron chi connectivity index (χ2n) is 5.23. The average molecular weight is 279 g/mol. The summed E-state index contributed by atoms with van der Waals surface area (Å²) in [7, 11) is 0. The molecule has 3 N–H and O–H groups in total. The molecule has 6 heteroatoms. The second kappa shape index (κ2) is 6.85. The van der Waals surface area contributed by atoms with Crippen LogP contribution in [0.2, 0.25) is 0 Å². The third-order valence-corrected chi connectivity index (χ3v) is 3.87. The molecule has 0 saturated carbocycles. The number of piperazine rings is 1. The van der Waals surface area contributed by atoms with Gasteiger partial charge in [-0.3, -0.25) is 4.90 Å². The molecule has 0 amide bonds. The first-order valence-electron chi connectivity index (χ1n) is 7.36. The highest BCUT2D eigenvalue weighted by Crippen LogP contribution is 2.23. The van der Waals surface area contributed by atoms with E-state index in [2.05, 4.69) is 26.7 Å². The SMILES string of the molecule is CCc1c(C)nc(N)nc1N1CCN(CCCO)CC1. The lowest BCUT2D eigenvalue weighted by Crippen LogP contribution is -2.47. The third kappa shape index (κ3) is 3.37. The molecule has 1 fully saturated rings. The number of rotatable bonds is 5. The molecule has 6 nitrogen and oxygen atoms in total. The molecular formula is C14H25N5O. The van der Waals surface area contributed by atoms with Crippen molar-refractivity contribution in [2.24, 2.45) is 0 Å². The van der Waals surface area contributed by atoms with Crippen LogP contribution in [-0.4, -0.2) is 59.3 Å². The second-order valence-corrected chi connectivity index (χ2v) is 5.23. The summed E-state index contributed by atoms with van der Waals surface area (Å²) in [6, 6.07) is 0. The van der Waals surface area contributed by atoms with Crippen LogP contribution in [0.15, 0.2) is 0 Å². The van der Waals surface area contributed by atoms with Crippen LogP contribution in [0.3, 0.4) is 0 Å². The summed E-state index contributed by atoms with van der Waals surface area (Å²) in [6.45, 7) is 9.28. The number of nitrogens with zero attached hydrogens (tertiary/aromatic N) is 4. The Morgan fingerprint density at radius 2 is 1.90 bits per heavy atom. The molecule has 112 valence electrons. The quantitative estimate of drug-likeness (QED) is 0.814. The maximum absolute atomic E-state index is 8.89. The van der Waals surface area contributed by atoms with Gasteiger partial charge >= 0.3 is 0 Å². The summed E-state index contributed by atoms with van der Waals surface area (Å²) >= 11 is 0. The van der Waals surface area contributed by atoms with Crippen molar-refractivity contribution in [3.05, 3.63) is 11.3 Å². The number of hydrogen-bond donors (Lipinski definition) is 2. The molecule has 0 bridgehead atoms. The van der Waals surface area contributed by atoms with Crippen molar-refractivity contribution < 1.29 is 5.11 Å². The van der Waals surface area contributed by atoms with Crippen LogP contribution in [0.25, 0.3) is 0 Å². The zero-order valence-corrected chi connectivity index (χ0v) is 12.5. The highest BCUT2D eigenvalue weighted by molar-refractivity contribution is 5.52. The van der Waals surface area contributed by atoms with Gasteiger partial charge < -0.3 is 15.7 Å². The number of aliphatic hydroxyl groups is 1. The van der Waals surface area contributed by atoms with E-state index in [-0.39, 0.29) is 6.61 Å². The highest BCUT2D eigenvalue weighted by atomic mass is 16.3. The molecule has 1 aromatic heterocycles. The standard InChI is InChI=1S/C14H25N5O/c1-3-12-11(2)16-14(15)17-13(12)19-8-6-18(7-9-19)5-4-10-20/h20H,3-10H2,1-2H3,(H2,15,16,17). The van der Waals surface area contributed by atoms with Crippen molar-refractivity contribution >= 4 is 11.8 Å². The Bertz CT molecular complexity index is 443. The number of nitrogens with two attached hydrogens (primary N) is 1. The van der Waals surface area contributed by atoms with Crippen molar-refractivity contribution in [1.29, 1.82) is 0 Å². The lowest BCUT2D eigenvalue weighted by atomic mass is 10.1. The van der Waals surface area contributed by atoms with Crippen LogP contribution in [-0.2, 0) is 6.42 Å². The summed E-state index contributed by atoms with van der Waals surface area (Å²) in [5.41, 5.74) is 7.98. The Labute approximate surface area is 120 Å². The minimum Gasteiger partial charge on any atom is -0.396 e. The maximum Gasteiger partial charge on any atom is 0.222 e. The smallest absolute Gasteiger partial charge is 0.222 e. The normalized spacial score (nSPS) is 16.6. The Morgan fingerprint density at radius 1 is 1.20 bits per heavy atom. The molecule has 0 radical (unpaired) electrons. The monoisotopic (exact) mass is 279 g/mol. The average Bonchev–Trinajstić information content (AvgIpc) is 2.45. The maximum atomic E-state index is 8.89. The Morgan fingerprint density at radius 3 is 2.50 bits per heavy atom. The zero-order valence-electron chi connectivity index (χ0n) is 12.5. The lowest BCUT2D eigenvalue weighted by molar-refractivity contribution is 0.215. The van der Waals surface area contributed by atoms with Gasteiger partial charge in [-0.25, -0.2) is 4.98 Å². The first kappa shape index (κ1) is 15.0. The third-order valence-electron chi connectivity index (χ3n) is 3.87. The van der Waals surface area contributed by atoms with Gasteiger partial charge in [-0.1, -0.05) is 6.92 Å². The van der Waals surface area contributed by atoms with Crippen molar-refractivity contribution in [2.45, 2.75) is 26.7 Å². The molecule has 0 aliphatic carbocycles. The zero-order chi connectivity index (χ0) is 14.5. The summed E-state index contributed by atoms with van der Waals surface area (Å²) in [5, 5.41) is 8.89. The van der Waals surface area contributed by atoms with E-state index in [1.165, 1.54) is 5.56 Å². The van der Waals surface area contributed by atoms with Gasteiger partial charge in [0.1, 0.15) is 5.82 Å². The van der Waals surface area contributed by atoms with E-state index >= 15 is 0 Å². The minimum absolute atomic E-state index is 0.266. The van der Waals surface area contributed by atoms with E-state index in [1.807, 2.05) is 6.92 Å². The van der Waals surface area contributed by atoms with E-state index in [0.29, 0.717) is 5.95 Å². The fourth-order valence-electron chi connectivity index (χ4n) is 2.76. The van der Waals surface area contributed by atoms with Crippen molar-refractivity contribution in [3.8, 4) is 0 Å². The predicted molar refractivity (Wildman–Crippen MR) is 80.9 cm³/mol. The van der Waals surface area contributed by atoms with Gasteiger partial charge in [0, 0.05) is 50.6 Å². The van der Waals surface area contributed by atoms with Gasteiger partial charge in [0.15, 0.2) is 0 Å². The van der Waals surface area contributed by atoms with E-state index in [4.69, 9.17) is 10.8 Å². The largest absolute Gasteiger partial charge is 0.396 e. The fourth-order valence-corrected chi connectivity index (χ4v) is 2.76. The molecule has 0 aromatic carbocycles. The van der Waals surface area contributed by atoms with E-state index in [1.54, 1.807) is 0 Å². The van der Waals surface area contributed by atoms with Crippen LogP contribution < -0.4 is 10.6 Å². The fraction of sp³-hybridized carbons (Fsp3) is 0.714. The molecule has 1 aromatic rings. The summed E-state index contributed by atoms with van der Waals surface area (Å²) < 4.78 is 0. The number of aryl methyl sites for hydroxylation is 1. The van der Waals surface area contributed by atoms with E-state index in [0.717, 1.165) is 57.1 Å². The van der Waals surface area contributed by atoms with Crippen molar-refractivity contribution in [2.75, 3.05) is 50.0 Å². The van der Waals surface area contributed by atoms with E-state index < -0.39 is 0 Å². The van der Waals surface area contributed by atoms with Gasteiger partial charge in [0.25, 0.3) is 0 Å². The van der Waals surface area contributed by atoms with Gasteiger partial charge in [0.05, 0.1) is 0 Å². The van der Waals surface area contributed by atoms with Gasteiger partial charge in [-0.2, -0.15) is 4.98 Å². The van der Waals surface area contributed by atoms with Crippen LogP contribution in [0.1, 0.15) is 24.6 Å². The summed E-state index contributed by atoms with van der Waals surface area (Å²) in [6.07, 6.45) is 1.77. The number of hydrogen-bond acceptors (Lipinski definition) is 6. The van der Waals surface area contributed by atoms with Gasteiger partial charge in [-0.15, -0.1) is 0 Å². The van der Waals surface area contributed by atoms with Crippen LogP contribution in [0.5, 0.6) is 0 Å².